The van der Waals surface area contributed by atoms with E-state index in [4.69, 9.17) is 4.42 Å². The van der Waals surface area contributed by atoms with Crippen molar-refractivity contribution in [1.29, 1.82) is 0 Å². The number of hydrogen-bond acceptors (Lipinski definition) is 7. The maximum Gasteiger partial charge on any atom is 0.270 e. The van der Waals surface area contributed by atoms with Crippen molar-refractivity contribution < 1.29 is 14.1 Å². The fourth-order valence-corrected chi connectivity index (χ4v) is 3.45. The SMILES string of the molecule is O=C(c1cccc([N+](=O)[O-])c1)N1CCc2ncn3nc(-c4ccco4)nc3c2C1. The molecule has 0 saturated carbocycles. The van der Waals surface area contributed by atoms with E-state index in [1.165, 1.54) is 18.2 Å². The highest BCUT2D eigenvalue weighted by atomic mass is 16.6. The van der Waals surface area contributed by atoms with Crippen molar-refractivity contribution in [2.24, 2.45) is 0 Å². The number of fused-ring (bicyclic) bond motifs is 3. The second-order valence-electron chi connectivity index (χ2n) is 6.63. The van der Waals surface area contributed by atoms with Crippen LogP contribution in [0.15, 0.2) is 53.4 Å². The van der Waals surface area contributed by atoms with Gasteiger partial charge in [0.25, 0.3) is 11.6 Å². The molecule has 4 aromatic rings. The van der Waals surface area contributed by atoms with Crippen LogP contribution in [0.1, 0.15) is 21.6 Å². The fourth-order valence-electron chi connectivity index (χ4n) is 3.45. The number of amides is 1. The molecule has 10 nitrogen and oxygen atoms in total. The lowest BCUT2D eigenvalue weighted by Crippen LogP contribution is -2.36. The van der Waals surface area contributed by atoms with E-state index in [-0.39, 0.29) is 17.2 Å². The van der Waals surface area contributed by atoms with E-state index in [0.717, 1.165) is 11.3 Å². The first kappa shape index (κ1) is 17.0. The molecular weight excluding hydrogens is 376 g/mol. The molecule has 0 atom stereocenters. The number of nitro groups is 1. The number of benzene rings is 1. The van der Waals surface area contributed by atoms with Gasteiger partial charge in [-0.1, -0.05) is 6.07 Å². The van der Waals surface area contributed by atoms with Gasteiger partial charge in [0.15, 0.2) is 11.4 Å². The van der Waals surface area contributed by atoms with Gasteiger partial charge in [0.2, 0.25) is 5.82 Å². The first-order valence-corrected chi connectivity index (χ1v) is 8.91. The minimum Gasteiger partial charge on any atom is -0.461 e. The first-order valence-electron chi connectivity index (χ1n) is 8.91. The Balaban J connectivity index is 1.49. The van der Waals surface area contributed by atoms with Crippen LogP contribution in [0.25, 0.3) is 17.2 Å². The highest BCUT2D eigenvalue weighted by Gasteiger charge is 2.26. The molecule has 0 N–H and O–H groups in total. The number of nitrogens with zero attached hydrogens (tertiary/aromatic N) is 6. The van der Waals surface area contributed by atoms with Gasteiger partial charge in [0.05, 0.1) is 23.4 Å². The zero-order valence-corrected chi connectivity index (χ0v) is 15.1. The standard InChI is InChI=1S/C19H14N6O4/c26-19(12-3-1-4-13(9-12)25(27)28)23-7-6-15-14(10-23)18-21-17(16-5-2-8-29-16)22-24(18)11-20-15/h1-5,8-9,11H,6-7,10H2. The third-order valence-corrected chi connectivity index (χ3v) is 4.87. The van der Waals surface area contributed by atoms with Gasteiger partial charge < -0.3 is 9.32 Å². The summed E-state index contributed by atoms with van der Waals surface area (Å²) in [5.41, 5.74) is 2.44. The van der Waals surface area contributed by atoms with Gasteiger partial charge in [-0.05, 0) is 18.2 Å². The van der Waals surface area contributed by atoms with Crippen molar-refractivity contribution >= 4 is 17.2 Å². The van der Waals surface area contributed by atoms with Crippen LogP contribution in [0, 0.1) is 10.1 Å². The van der Waals surface area contributed by atoms with Gasteiger partial charge in [-0.3, -0.25) is 14.9 Å². The number of hydrogen-bond donors (Lipinski definition) is 0. The van der Waals surface area contributed by atoms with Crippen LogP contribution in [0.3, 0.4) is 0 Å². The summed E-state index contributed by atoms with van der Waals surface area (Å²) < 4.78 is 6.93. The molecule has 0 fully saturated rings. The number of aromatic nitrogens is 4. The first-order chi connectivity index (χ1) is 14.1. The van der Waals surface area contributed by atoms with Gasteiger partial charge in [-0.2, -0.15) is 0 Å². The number of furan rings is 1. The summed E-state index contributed by atoms with van der Waals surface area (Å²) in [6, 6.07) is 9.28. The third-order valence-electron chi connectivity index (χ3n) is 4.87. The quantitative estimate of drug-likeness (QED) is 0.389. The zero-order valence-electron chi connectivity index (χ0n) is 15.1. The number of non-ortho nitro benzene ring substituents is 1. The summed E-state index contributed by atoms with van der Waals surface area (Å²) in [4.78, 5) is 34.1. The van der Waals surface area contributed by atoms with Gasteiger partial charge in [-0.25, -0.2) is 14.5 Å². The number of rotatable bonds is 3. The largest absolute Gasteiger partial charge is 0.461 e. The van der Waals surface area contributed by atoms with Gasteiger partial charge in [-0.15, -0.1) is 5.10 Å². The van der Waals surface area contributed by atoms with Crippen LogP contribution in [0.2, 0.25) is 0 Å². The minimum atomic E-state index is -0.512. The van der Waals surface area contributed by atoms with Crippen LogP contribution < -0.4 is 0 Å². The molecule has 1 aliphatic rings. The van der Waals surface area contributed by atoms with Crippen LogP contribution >= 0.6 is 0 Å². The lowest BCUT2D eigenvalue weighted by Gasteiger charge is -2.28. The molecule has 3 aromatic heterocycles. The van der Waals surface area contributed by atoms with Crippen molar-refractivity contribution in [3.05, 3.63) is 75.9 Å². The van der Waals surface area contributed by atoms with E-state index in [1.807, 2.05) is 0 Å². The van der Waals surface area contributed by atoms with Crippen molar-refractivity contribution in [3.8, 4) is 11.6 Å². The molecule has 0 unspecified atom stereocenters. The molecular formula is C19H14N6O4. The third kappa shape index (κ3) is 2.90. The molecule has 0 bridgehead atoms. The van der Waals surface area contributed by atoms with Crippen molar-refractivity contribution in [2.45, 2.75) is 13.0 Å². The van der Waals surface area contributed by atoms with E-state index >= 15 is 0 Å². The Morgan fingerprint density at radius 2 is 2.14 bits per heavy atom. The molecule has 1 amide bonds. The molecule has 0 spiro atoms. The zero-order chi connectivity index (χ0) is 20.0. The van der Waals surface area contributed by atoms with E-state index < -0.39 is 4.92 Å². The highest BCUT2D eigenvalue weighted by molar-refractivity contribution is 5.95. The predicted octanol–water partition coefficient (Wildman–Crippen LogP) is 2.49. The molecule has 144 valence electrons. The fraction of sp³-hybridized carbons (Fsp3) is 0.158. The average Bonchev–Trinajstić information content (AvgIpc) is 3.42. The maximum atomic E-state index is 12.9. The molecule has 5 rings (SSSR count). The number of nitro benzene ring substituents is 1. The number of carbonyl (C=O) groups excluding carboxylic acids is 1. The van der Waals surface area contributed by atoms with Crippen LogP contribution in [0.4, 0.5) is 5.69 Å². The predicted molar refractivity (Wildman–Crippen MR) is 100 cm³/mol. The van der Waals surface area contributed by atoms with Gasteiger partial charge in [0, 0.05) is 36.2 Å². The molecule has 0 radical (unpaired) electrons. The second-order valence-corrected chi connectivity index (χ2v) is 6.63. The second kappa shape index (κ2) is 6.51. The molecule has 29 heavy (non-hydrogen) atoms. The van der Waals surface area contributed by atoms with Crippen LogP contribution in [-0.2, 0) is 13.0 Å². The lowest BCUT2D eigenvalue weighted by atomic mass is 10.1. The molecule has 4 heterocycles. The Morgan fingerprint density at radius 3 is 2.93 bits per heavy atom. The summed E-state index contributed by atoms with van der Waals surface area (Å²) in [6.07, 6.45) is 3.72. The summed E-state index contributed by atoms with van der Waals surface area (Å²) in [6.45, 7) is 0.765. The Hall–Kier alpha value is -4.08. The number of carbonyl (C=O) groups is 1. The lowest BCUT2D eigenvalue weighted by molar-refractivity contribution is -0.384. The Bertz CT molecular complexity index is 1250. The summed E-state index contributed by atoms with van der Waals surface area (Å²) >= 11 is 0. The normalized spacial score (nSPS) is 13.4. The molecule has 0 aliphatic carbocycles. The highest BCUT2D eigenvalue weighted by Crippen LogP contribution is 2.25. The van der Waals surface area contributed by atoms with Crippen molar-refractivity contribution in [1.82, 2.24) is 24.5 Å². The van der Waals surface area contributed by atoms with Gasteiger partial charge >= 0.3 is 0 Å². The summed E-state index contributed by atoms with van der Waals surface area (Å²) in [5, 5.41) is 15.4. The Labute approximate surface area is 163 Å². The van der Waals surface area contributed by atoms with E-state index in [1.54, 1.807) is 40.2 Å². The van der Waals surface area contributed by atoms with Gasteiger partial charge in [0.1, 0.15) is 6.33 Å². The summed E-state index contributed by atoms with van der Waals surface area (Å²) in [5.74, 6) is 0.710. The van der Waals surface area contributed by atoms with Crippen LogP contribution in [0.5, 0.6) is 0 Å². The average molecular weight is 390 g/mol. The van der Waals surface area contributed by atoms with E-state index in [9.17, 15) is 14.9 Å². The molecule has 0 saturated heterocycles. The van der Waals surface area contributed by atoms with E-state index in [2.05, 4.69) is 15.1 Å². The maximum absolute atomic E-state index is 12.9. The van der Waals surface area contributed by atoms with Crippen LogP contribution in [-0.4, -0.2) is 41.9 Å². The van der Waals surface area contributed by atoms with E-state index in [0.29, 0.717) is 36.7 Å². The van der Waals surface area contributed by atoms with Crippen molar-refractivity contribution in [3.63, 3.8) is 0 Å². The smallest absolute Gasteiger partial charge is 0.270 e. The van der Waals surface area contributed by atoms with Crippen molar-refractivity contribution in [2.75, 3.05) is 6.54 Å². The topological polar surface area (TPSA) is 120 Å². The molecule has 10 heteroatoms. The summed E-state index contributed by atoms with van der Waals surface area (Å²) in [7, 11) is 0. The molecule has 1 aliphatic heterocycles. The minimum absolute atomic E-state index is 0.113. The Morgan fingerprint density at radius 1 is 1.24 bits per heavy atom. The molecule has 1 aromatic carbocycles. The Kier molecular flexibility index (Phi) is 3.83. The monoisotopic (exact) mass is 390 g/mol.